The van der Waals surface area contributed by atoms with Crippen molar-refractivity contribution in [2.75, 3.05) is 5.32 Å². The summed E-state index contributed by atoms with van der Waals surface area (Å²) in [6.07, 6.45) is -0.0319. The zero-order valence-electron chi connectivity index (χ0n) is 13.2. The summed E-state index contributed by atoms with van der Waals surface area (Å²) < 4.78 is 27.7. The Hall–Kier alpha value is -3.09. The maximum atomic E-state index is 14.2. The summed E-state index contributed by atoms with van der Waals surface area (Å²) in [4.78, 5) is 24.9. The van der Waals surface area contributed by atoms with Crippen LogP contribution in [0.5, 0.6) is 0 Å². The monoisotopic (exact) mass is 341 g/mol. The molecule has 0 aromatic heterocycles. The first-order valence-corrected chi connectivity index (χ1v) is 7.68. The van der Waals surface area contributed by atoms with Gasteiger partial charge in [0.25, 0.3) is 5.91 Å². The van der Waals surface area contributed by atoms with Gasteiger partial charge < -0.3 is 5.32 Å². The first kappa shape index (κ1) is 15.4. The van der Waals surface area contributed by atoms with Crippen molar-refractivity contribution < 1.29 is 18.4 Å². The highest BCUT2D eigenvalue weighted by molar-refractivity contribution is 6.14. The van der Waals surface area contributed by atoms with Crippen LogP contribution in [0.2, 0.25) is 0 Å². The smallest absolute Gasteiger partial charge is 0.257 e. The standard InChI is InChI=1S/C18H13F2N3O2/c1-10(24)23-18(13-4-2-3-5-15(13)21-17(18)25)9-16(22-23)12-8-11(19)6-7-14(12)20/h2-8H,9H2,1H3,(H,21,25). The van der Waals surface area contributed by atoms with E-state index in [2.05, 4.69) is 10.4 Å². The number of nitrogens with zero attached hydrogens (tertiary/aromatic N) is 2. The van der Waals surface area contributed by atoms with Gasteiger partial charge in [0, 0.05) is 30.2 Å². The van der Waals surface area contributed by atoms with Crippen LogP contribution in [-0.4, -0.2) is 22.5 Å². The fourth-order valence-corrected chi connectivity index (χ4v) is 3.45. The maximum absolute atomic E-state index is 14.2. The van der Waals surface area contributed by atoms with Crippen LogP contribution in [0, 0.1) is 11.6 Å². The van der Waals surface area contributed by atoms with E-state index in [9.17, 15) is 18.4 Å². The fourth-order valence-electron chi connectivity index (χ4n) is 3.45. The number of amides is 2. The Bertz CT molecular complexity index is 957. The number of halogens is 2. The minimum Gasteiger partial charge on any atom is -0.323 e. The highest BCUT2D eigenvalue weighted by Gasteiger charge is 2.57. The molecule has 1 spiro atoms. The molecule has 2 amide bonds. The minimum atomic E-state index is -1.38. The van der Waals surface area contributed by atoms with Gasteiger partial charge in [-0.1, -0.05) is 18.2 Å². The summed E-state index contributed by atoms with van der Waals surface area (Å²) in [5.74, 6) is -2.16. The number of para-hydroxylation sites is 1. The van der Waals surface area contributed by atoms with Crippen LogP contribution in [0.15, 0.2) is 47.6 Å². The number of rotatable bonds is 1. The first-order valence-electron chi connectivity index (χ1n) is 7.68. The van der Waals surface area contributed by atoms with Gasteiger partial charge in [0.15, 0.2) is 5.54 Å². The van der Waals surface area contributed by atoms with Crippen molar-refractivity contribution in [1.82, 2.24) is 5.01 Å². The summed E-state index contributed by atoms with van der Waals surface area (Å²) in [5, 5.41) is 7.98. The van der Waals surface area contributed by atoms with Gasteiger partial charge in [-0.15, -0.1) is 0 Å². The van der Waals surface area contributed by atoms with Gasteiger partial charge in [-0.3, -0.25) is 9.59 Å². The molecule has 4 rings (SSSR count). The van der Waals surface area contributed by atoms with Gasteiger partial charge in [0.2, 0.25) is 5.91 Å². The lowest BCUT2D eigenvalue weighted by Crippen LogP contribution is -2.47. The predicted octanol–water partition coefficient (Wildman–Crippen LogP) is 2.77. The second kappa shape index (κ2) is 5.20. The van der Waals surface area contributed by atoms with E-state index < -0.39 is 29.0 Å². The van der Waals surface area contributed by atoms with Crippen LogP contribution >= 0.6 is 0 Å². The molecule has 2 aromatic rings. The van der Waals surface area contributed by atoms with Gasteiger partial charge >= 0.3 is 0 Å². The number of fused-ring (bicyclic) bond motifs is 2. The number of anilines is 1. The van der Waals surface area contributed by atoms with E-state index >= 15 is 0 Å². The van der Waals surface area contributed by atoms with E-state index in [4.69, 9.17) is 0 Å². The van der Waals surface area contributed by atoms with Crippen LogP contribution in [0.3, 0.4) is 0 Å². The second-order valence-electron chi connectivity index (χ2n) is 6.04. The third kappa shape index (κ3) is 2.08. The Morgan fingerprint density at radius 2 is 2.00 bits per heavy atom. The average molecular weight is 341 g/mol. The van der Waals surface area contributed by atoms with Crippen molar-refractivity contribution in [3.05, 3.63) is 65.2 Å². The quantitative estimate of drug-likeness (QED) is 0.867. The minimum absolute atomic E-state index is 0.0319. The van der Waals surface area contributed by atoms with Crippen molar-refractivity contribution in [3.63, 3.8) is 0 Å². The molecule has 126 valence electrons. The molecule has 0 aliphatic carbocycles. The van der Waals surface area contributed by atoms with Gasteiger partial charge in [0.1, 0.15) is 11.6 Å². The first-order chi connectivity index (χ1) is 11.9. The Morgan fingerprint density at radius 1 is 1.24 bits per heavy atom. The molecule has 5 nitrogen and oxygen atoms in total. The molecule has 2 aliphatic rings. The number of carbonyl (C=O) groups is 2. The molecule has 0 radical (unpaired) electrons. The van der Waals surface area contributed by atoms with E-state index in [1.54, 1.807) is 24.3 Å². The number of benzene rings is 2. The Morgan fingerprint density at radius 3 is 2.76 bits per heavy atom. The molecule has 0 bridgehead atoms. The van der Waals surface area contributed by atoms with Crippen LogP contribution in [0.25, 0.3) is 0 Å². The lowest BCUT2D eigenvalue weighted by molar-refractivity contribution is -0.142. The number of carbonyl (C=O) groups excluding carboxylic acids is 2. The molecule has 25 heavy (non-hydrogen) atoms. The maximum Gasteiger partial charge on any atom is 0.257 e. The Kier molecular flexibility index (Phi) is 3.21. The molecular weight excluding hydrogens is 328 g/mol. The predicted molar refractivity (Wildman–Crippen MR) is 86.8 cm³/mol. The molecule has 7 heteroatoms. The van der Waals surface area contributed by atoms with E-state index in [-0.39, 0.29) is 17.7 Å². The molecule has 2 aliphatic heterocycles. The Labute approximate surface area is 141 Å². The molecular formula is C18H13F2N3O2. The highest BCUT2D eigenvalue weighted by Crippen LogP contribution is 2.47. The summed E-state index contributed by atoms with van der Waals surface area (Å²) in [7, 11) is 0. The van der Waals surface area contributed by atoms with Crippen molar-refractivity contribution in [3.8, 4) is 0 Å². The van der Waals surface area contributed by atoms with E-state index in [1.807, 2.05) is 0 Å². The van der Waals surface area contributed by atoms with E-state index in [0.717, 1.165) is 23.2 Å². The van der Waals surface area contributed by atoms with Gasteiger partial charge in [-0.2, -0.15) is 5.10 Å². The van der Waals surface area contributed by atoms with Crippen molar-refractivity contribution >= 4 is 23.2 Å². The SMILES string of the molecule is CC(=O)N1N=C(c2cc(F)ccc2F)CC12C(=O)Nc1ccccc12. The average Bonchev–Trinajstić information content (AvgIpc) is 3.11. The van der Waals surface area contributed by atoms with Crippen LogP contribution in [0.4, 0.5) is 14.5 Å². The fraction of sp³-hybridized carbons (Fsp3) is 0.167. The van der Waals surface area contributed by atoms with Crippen LogP contribution in [-0.2, 0) is 15.1 Å². The van der Waals surface area contributed by atoms with E-state index in [0.29, 0.717) is 11.3 Å². The summed E-state index contributed by atoms with van der Waals surface area (Å²) in [6.45, 7) is 1.28. The summed E-state index contributed by atoms with van der Waals surface area (Å²) in [5.41, 5.74) is -0.115. The third-order valence-electron chi connectivity index (χ3n) is 4.54. The lowest BCUT2D eigenvalue weighted by Gasteiger charge is -2.29. The van der Waals surface area contributed by atoms with Crippen molar-refractivity contribution in [1.29, 1.82) is 0 Å². The molecule has 2 heterocycles. The van der Waals surface area contributed by atoms with Crippen LogP contribution < -0.4 is 5.32 Å². The molecule has 0 fully saturated rings. The zero-order chi connectivity index (χ0) is 17.8. The topological polar surface area (TPSA) is 61.8 Å². The zero-order valence-corrected chi connectivity index (χ0v) is 13.2. The number of hydrogen-bond acceptors (Lipinski definition) is 3. The number of hydrogen-bond donors (Lipinski definition) is 1. The molecule has 1 unspecified atom stereocenters. The molecule has 0 saturated heterocycles. The van der Waals surface area contributed by atoms with Crippen LogP contribution in [0.1, 0.15) is 24.5 Å². The number of nitrogens with one attached hydrogen (secondary N) is 1. The van der Waals surface area contributed by atoms with Crippen molar-refractivity contribution in [2.24, 2.45) is 5.10 Å². The van der Waals surface area contributed by atoms with Gasteiger partial charge in [0.05, 0.1) is 5.71 Å². The molecule has 0 saturated carbocycles. The normalized spacial score (nSPS) is 21.3. The number of hydrazone groups is 1. The summed E-state index contributed by atoms with van der Waals surface area (Å²) >= 11 is 0. The largest absolute Gasteiger partial charge is 0.323 e. The van der Waals surface area contributed by atoms with E-state index in [1.165, 1.54) is 6.92 Å². The Balaban J connectivity index is 1.89. The molecule has 1 N–H and O–H groups in total. The third-order valence-corrected chi connectivity index (χ3v) is 4.54. The molecule has 2 aromatic carbocycles. The van der Waals surface area contributed by atoms with Gasteiger partial charge in [-0.05, 0) is 24.3 Å². The highest BCUT2D eigenvalue weighted by atomic mass is 19.1. The van der Waals surface area contributed by atoms with Gasteiger partial charge in [-0.25, -0.2) is 13.8 Å². The summed E-state index contributed by atoms with van der Waals surface area (Å²) in [6, 6.07) is 9.98. The second-order valence-corrected chi connectivity index (χ2v) is 6.04. The molecule has 1 atom stereocenters. The lowest BCUT2D eigenvalue weighted by atomic mass is 9.85. The van der Waals surface area contributed by atoms with Crippen molar-refractivity contribution in [2.45, 2.75) is 18.9 Å².